The average molecular weight is 283 g/mol. The van der Waals surface area contributed by atoms with Crippen LogP contribution < -0.4 is 10.9 Å². The fourth-order valence-electron chi connectivity index (χ4n) is 1.41. The number of thiophene rings is 1. The molecule has 4 nitrogen and oxygen atoms in total. The first-order valence-electron chi connectivity index (χ1n) is 5.25. The molecule has 0 fully saturated rings. The van der Waals surface area contributed by atoms with Crippen LogP contribution in [0.4, 0.5) is 0 Å². The summed E-state index contributed by atoms with van der Waals surface area (Å²) in [5.41, 5.74) is 0.155. The largest absolute Gasteiger partial charge is 0.347 e. The molecule has 1 N–H and O–H groups in total. The van der Waals surface area contributed by atoms with Gasteiger partial charge in [0.2, 0.25) is 0 Å². The Morgan fingerprint density at radius 2 is 2.22 bits per heavy atom. The molecule has 94 valence electrons. The number of rotatable bonds is 3. The molecule has 18 heavy (non-hydrogen) atoms. The van der Waals surface area contributed by atoms with Gasteiger partial charge in [-0.25, -0.2) is 0 Å². The van der Waals surface area contributed by atoms with Crippen molar-refractivity contribution in [3.8, 4) is 0 Å². The number of hydrogen-bond acceptors (Lipinski definition) is 3. The Morgan fingerprint density at radius 1 is 1.44 bits per heavy atom. The van der Waals surface area contributed by atoms with Gasteiger partial charge in [-0.1, -0.05) is 11.6 Å². The fourth-order valence-corrected chi connectivity index (χ4v) is 2.43. The highest BCUT2D eigenvalue weighted by atomic mass is 35.5. The quantitative estimate of drug-likeness (QED) is 0.936. The number of hydrogen-bond donors (Lipinski definition) is 1. The molecule has 6 heteroatoms. The van der Waals surface area contributed by atoms with E-state index < -0.39 is 0 Å². The third-order valence-corrected chi connectivity index (χ3v) is 3.65. The summed E-state index contributed by atoms with van der Waals surface area (Å²) in [5, 5.41) is 2.74. The Bertz CT molecular complexity index is 633. The van der Waals surface area contributed by atoms with Gasteiger partial charge in [0.1, 0.15) is 0 Å². The standard InChI is InChI=1S/C12H11ClN2O2S/c1-15-5-4-8(6-11(15)16)12(17)14-7-9-2-3-10(13)18-9/h2-6H,7H2,1H3,(H,14,17). The number of carbonyl (C=O) groups excluding carboxylic acids is 1. The highest BCUT2D eigenvalue weighted by molar-refractivity contribution is 7.16. The highest BCUT2D eigenvalue weighted by Gasteiger charge is 2.07. The lowest BCUT2D eigenvalue weighted by molar-refractivity contribution is 0.0951. The van der Waals surface area contributed by atoms with E-state index in [1.54, 1.807) is 25.4 Å². The zero-order valence-electron chi connectivity index (χ0n) is 9.64. The van der Waals surface area contributed by atoms with E-state index in [2.05, 4.69) is 5.32 Å². The number of nitrogens with zero attached hydrogens (tertiary/aromatic N) is 1. The molecule has 2 aromatic heterocycles. The third-order valence-electron chi connectivity index (χ3n) is 2.42. The SMILES string of the molecule is Cn1ccc(C(=O)NCc2ccc(Cl)s2)cc1=O. The van der Waals surface area contributed by atoms with E-state index in [1.807, 2.05) is 6.07 Å². The van der Waals surface area contributed by atoms with Crippen LogP contribution in [0, 0.1) is 0 Å². The van der Waals surface area contributed by atoms with E-state index in [9.17, 15) is 9.59 Å². The molecule has 0 saturated carbocycles. The van der Waals surface area contributed by atoms with Crippen LogP contribution >= 0.6 is 22.9 Å². The first kappa shape index (κ1) is 12.9. The molecular formula is C12H11ClN2O2S. The van der Waals surface area contributed by atoms with Crippen LogP contribution in [0.15, 0.2) is 35.3 Å². The van der Waals surface area contributed by atoms with Crippen molar-refractivity contribution in [1.82, 2.24) is 9.88 Å². The predicted octanol–water partition coefficient (Wildman–Crippen LogP) is 2.03. The van der Waals surface area contributed by atoms with Crippen molar-refractivity contribution < 1.29 is 4.79 Å². The second-order valence-corrected chi connectivity index (χ2v) is 5.55. The molecule has 0 bridgehead atoms. The van der Waals surface area contributed by atoms with E-state index in [1.165, 1.54) is 22.0 Å². The maximum absolute atomic E-state index is 11.8. The molecular weight excluding hydrogens is 272 g/mol. The number of aryl methyl sites for hydroxylation is 1. The Labute approximate surface area is 113 Å². The molecule has 0 aliphatic carbocycles. The van der Waals surface area contributed by atoms with Crippen LogP contribution in [-0.2, 0) is 13.6 Å². The summed E-state index contributed by atoms with van der Waals surface area (Å²) in [5.74, 6) is -0.266. The van der Waals surface area contributed by atoms with Crippen molar-refractivity contribution in [2.45, 2.75) is 6.54 Å². The van der Waals surface area contributed by atoms with E-state index in [0.717, 1.165) is 4.88 Å². The number of halogens is 1. The van der Waals surface area contributed by atoms with Gasteiger partial charge >= 0.3 is 0 Å². The van der Waals surface area contributed by atoms with E-state index in [0.29, 0.717) is 16.4 Å². The van der Waals surface area contributed by atoms with Gasteiger partial charge in [-0.3, -0.25) is 9.59 Å². The van der Waals surface area contributed by atoms with Gasteiger partial charge in [-0.2, -0.15) is 0 Å². The smallest absolute Gasteiger partial charge is 0.251 e. The van der Waals surface area contributed by atoms with Gasteiger partial charge < -0.3 is 9.88 Å². The second kappa shape index (κ2) is 5.37. The minimum Gasteiger partial charge on any atom is -0.347 e. The Hall–Kier alpha value is -1.59. The van der Waals surface area contributed by atoms with Crippen molar-refractivity contribution in [1.29, 1.82) is 0 Å². The van der Waals surface area contributed by atoms with Crippen LogP contribution in [0.2, 0.25) is 4.34 Å². The number of carbonyl (C=O) groups is 1. The summed E-state index contributed by atoms with van der Waals surface area (Å²) in [6.45, 7) is 0.408. The Morgan fingerprint density at radius 3 is 2.83 bits per heavy atom. The van der Waals surface area contributed by atoms with Gasteiger partial charge in [-0.15, -0.1) is 11.3 Å². The van der Waals surface area contributed by atoms with Gasteiger partial charge in [0.25, 0.3) is 11.5 Å². The maximum atomic E-state index is 11.8. The predicted molar refractivity (Wildman–Crippen MR) is 72.2 cm³/mol. The van der Waals surface area contributed by atoms with Crippen LogP contribution in [0.25, 0.3) is 0 Å². The second-order valence-electron chi connectivity index (χ2n) is 3.75. The summed E-state index contributed by atoms with van der Waals surface area (Å²) in [6.07, 6.45) is 1.57. The minimum atomic E-state index is -0.266. The van der Waals surface area contributed by atoms with Crippen molar-refractivity contribution in [3.63, 3.8) is 0 Å². The summed E-state index contributed by atoms with van der Waals surface area (Å²) >= 11 is 7.21. The molecule has 0 atom stereocenters. The lowest BCUT2D eigenvalue weighted by Crippen LogP contribution is -2.25. The van der Waals surface area contributed by atoms with E-state index in [4.69, 9.17) is 11.6 Å². The Balaban J connectivity index is 2.03. The fraction of sp³-hybridized carbons (Fsp3) is 0.167. The van der Waals surface area contributed by atoms with Gasteiger partial charge in [0.05, 0.1) is 10.9 Å². The Kier molecular flexibility index (Phi) is 3.84. The molecule has 2 aromatic rings. The number of amides is 1. The molecule has 0 aliphatic heterocycles. The molecule has 0 saturated heterocycles. The topological polar surface area (TPSA) is 51.1 Å². The van der Waals surface area contributed by atoms with Gasteiger partial charge in [-0.05, 0) is 18.2 Å². The monoisotopic (exact) mass is 282 g/mol. The average Bonchev–Trinajstić information content (AvgIpc) is 2.75. The van der Waals surface area contributed by atoms with Gasteiger partial charge in [0, 0.05) is 29.8 Å². The van der Waals surface area contributed by atoms with Crippen molar-refractivity contribution in [2.24, 2.45) is 7.05 Å². The number of nitrogens with one attached hydrogen (secondary N) is 1. The summed E-state index contributed by atoms with van der Waals surface area (Å²) in [4.78, 5) is 24.2. The lowest BCUT2D eigenvalue weighted by Gasteiger charge is -2.04. The highest BCUT2D eigenvalue weighted by Crippen LogP contribution is 2.21. The zero-order chi connectivity index (χ0) is 13.1. The lowest BCUT2D eigenvalue weighted by atomic mass is 10.2. The van der Waals surface area contributed by atoms with Crippen molar-refractivity contribution in [2.75, 3.05) is 0 Å². The van der Waals surface area contributed by atoms with E-state index >= 15 is 0 Å². The molecule has 1 amide bonds. The van der Waals surface area contributed by atoms with E-state index in [-0.39, 0.29) is 11.5 Å². The summed E-state index contributed by atoms with van der Waals surface area (Å²) in [7, 11) is 1.64. The number of pyridine rings is 1. The summed E-state index contributed by atoms with van der Waals surface area (Å²) in [6, 6.07) is 6.57. The van der Waals surface area contributed by atoms with Crippen LogP contribution in [0.3, 0.4) is 0 Å². The van der Waals surface area contributed by atoms with Crippen molar-refractivity contribution in [3.05, 3.63) is 55.6 Å². The molecule has 0 aromatic carbocycles. The van der Waals surface area contributed by atoms with Crippen molar-refractivity contribution >= 4 is 28.8 Å². The molecule has 0 radical (unpaired) electrons. The zero-order valence-corrected chi connectivity index (χ0v) is 11.2. The molecule has 0 unspecified atom stereocenters. The molecule has 0 spiro atoms. The normalized spacial score (nSPS) is 10.3. The summed E-state index contributed by atoms with van der Waals surface area (Å²) < 4.78 is 2.10. The van der Waals surface area contributed by atoms with Crippen LogP contribution in [0.1, 0.15) is 15.2 Å². The maximum Gasteiger partial charge on any atom is 0.251 e. The first-order chi connectivity index (χ1) is 8.56. The first-order valence-corrected chi connectivity index (χ1v) is 6.45. The van der Waals surface area contributed by atoms with Crippen LogP contribution in [0.5, 0.6) is 0 Å². The molecule has 0 aliphatic rings. The number of aromatic nitrogens is 1. The third kappa shape index (κ3) is 3.00. The van der Waals surface area contributed by atoms with Crippen LogP contribution in [-0.4, -0.2) is 10.5 Å². The minimum absolute atomic E-state index is 0.207. The molecule has 2 heterocycles. The molecule has 2 rings (SSSR count). The van der Waals surface area contributed by atoms with Gasteiger partial charge in [0.15, 0.2) is 0 Å².